The van der Waals surface area contributed by atoms with Gasteiger partial charge in [0.05, 0.1) is 30.3 Å². The largest absolute Gasteiger partial charge is 0.508 e. The van der Waals surface area contributed by atoms with Crippen molar-refractivity contribution in [3.05, 3.63) is 29.8 Å². The Morgan fingerprint density at radius 3 is 1.56 bits per heavy atom. The molecular weight excluding hydrogens is 1380 g/mol. The van der Waals surface area contributed by atoms with E-state index in [9.17, 15) is 93.0 Å². The number of nitrogens with two attached hydrogens (primary N) is 6. The average molecular weight is 1490 g/mol. The molecule has 12 amide bonds. The van der Waals surface area contributed by atoms with E-state index in [1.165, 1.54) is 73.0 Å². The van der Waals surface area contributed by atoms with Crippen LogP contribution < -0.4 is 76.9 Å². The molecule has 1 saturated heterocycles. The van der Waals surface area contributed by atoms with Crippen LogP contribution in [0.3, 0.4) is 0 Å². The molecule has 0 aromatic heterocycles. The Balaban J connectivity index is 2.57. The lowest BCUT2D eigenvalue weighted by Gasteiger charge is -2.34. The molecule has 1 aliphatic heterocycles. The van der Waals surface area contributed by atoms with Gasteiger partial charge in [-0.2, -0.15) is 0 Å². The van der Waals surface area contributed by atoms with Gasteiger partial charge in [-0.05, 0) is 114 Å². The Kier molecular flexibility index (Phi) is 37.5. The molecule has 0 spiro atoms. The van der Waals surface area contributed by atoms with Gasteiger partial charge in [0.1, 0.15) is 66.2 Å². The van der Waals surface area contributed by atoms with Crippen LogP contribution in [0.5, 0.6) is 5.75 Å². The maximum absolute atomic E-state index is 14.8. The molecule has 1 aromatic rings. The zero-order valence-corrected chi connectivity index (χ0v) is 62.2. The fraction of sp³-hybridized carbons (Fsp3) is 0.687. The summed E-state index contributed by atoms with van der Waals surface area (Å²) in [7, 11) is 2.48. The summed E-state index contributed by atoms with van der Waals surface area (Å²) >= 11 is 0. The van der Waals surface area contributed by atoms with Gasteiger partial charge in [-0.3, -0.25) is 67.5 Å². The summed E-state index contributed by atoms with van der Waals surface area (Å²) in [6.45, 7) is 17.7. The van der Waals surface area contributed by atoms with Gasteiger partial charge in [0.25, 0.3) is 5.91 Å². The molecule has 1 heterocycles. The van der Waals surface area contributed by atoms with Crippen LogP contribution in [0, 0.1) is 35.5 Å². The van der Waals surface area contributed by atoms with E-state index in [1.807, 2.05) is 13.8 Å². The Labute approximate surface area is 610 Å². The minimum Gasteiger partial charge on any atom is -0.508 e. The first kappa shape index (κ1) is 91.6. The second kappa shape index (κ2) is 43.0. The van der Waals surface area contributed by atoms with E-state index < -0.39 is 210 Å². The lowest BCUT2D eigenvalue weighted by molar-refractivity contribution is -0.153. The standard InChI is InChI=1S/C67H114N18O20/c1-29(2)27-31(5)50(90)34(8)55(94)76-35(9)56(95)77-41(17-15-25-74-66(70)71)51(91)52(92)62(101)80-46(32(6)33(7)54(69)93)59(98)81-48(38(12)87)61(100)82-47(37(11)86)60(99)78-42(18-16-26-75-67(72)73)57(96)79-43(28-30(3)4)63(102)85(14)44(23-24-45(68)89)58(97)83-49-53(39-19-21-40(88)22-20-39)105-65(104)36(10)84(13)64(49)103/h19-22,29-38,41-44,46-53,86-88,90-92H,15-18,23-28H2,1-14H3,(H2,68,89)(H2,69,93)(H,76,94)(H,77,95)(H,78,99)(H,79,96)(H,80,101)(H,81,98)(H,82,100)(H,83,97)(H4,70,71,74)(H4,72,73,75)/t31-,32+,33-,34-,35-,36+,37-,38-,41+,42-,43+,44+,46?,47?,48?,49?,50-,51-,52-,53+/m1/s1. The van der Waals surface area contributed by atoms with Crippen LogP contribution in [-0.4, -0.2) is 247 Å². The summed E-state index contributed by atoms with van der Waals surface area (Å²) in [4.78, 5) is 190. The first-order valence-electron chi connectivity index (χ1n) is 34.8. The van der Waals surface area contributed by atoms with Gasteiger partial charge in [-0.15, -0.1) is 0 Å². The number of nitrogens with one attached hydrogen (secondary N) is 8. The number of aliphatic hydroxyl groups excluding tert-OH is 5. The molecule has 2 rings (SSSR count). The number of aromatic hydroxyl groups is 1. The Bertz CT molecular complexity index is 3200. The van der Waals surface area contributed by atoms with Crippen LogP contribution >= 0.6 is 0 Å². The van der Waals surface area contributed by atoms with Crippen molar-refractivity contribution < 1.29 is 97.7 Å². The number of benzene rings is 1. The van der Waals surface area contributed by atoms with Gasteiger partial charge < -0.3 is 122 Å². The lowest BCUT2D eigenvalue weighted by Crippen LogP contribution is -2.64. The van der Waals surface area contributed by atoms with Crippen LogP contribution in [0.2, 0.25) is 0 Å². The number of rotatable bonds is 43. The molecule has 1 aliphatic rings. The molecule has 1 aromatic carbocycles. The van der Waals surface area contributed by atoms with Crippen molar-refractivity contribution in [1.82, 2.24) is 52.3 Å². The first-order chi connectivity index (χ1) is 48.7. The summed E-state index contributed by atoms with van der Waals surface area (Å²) in [6, 6.07) is -11.3. The number of aliphatic hydroxyl groups is 5. The SMILES string of the molecule is CC(C)C[C@H](NC(=O)[C@@H](CCCN=C(N)N)NC(=O)C(NC(=O)C(NC(=O)C(NC(=O)[C@H](O)[C@H](O)[C@H](CCCN=C(N)N)NC(=O)[C@@H](C)NC(=O)[C@H](C)[C@H](O)[C@H](C)CC(C)C)[C@@H](C)[C@@H](C)C(N)=O)[C@@H](C)O)[C@@H](C)O)C(=O)N(C)[C@@H](CCC(N)=O)C(=O)NC1C(=O)N(C)[C@@H](C)C(=O)O[C@H]1c1ccc(O)cc1. The molecular formula is C67H114N18O20. The first-order valence-corrected chi connectivity index (χ1v) is 34.8. The van der Waals surface area contributed by atoms with Crippen molar-refractivity contribution in [2.45, 2.75) is 231 Å². The minimum absolute atomic E-state index is 0.0237. The third kappa shape index (κ3) is 28.8. The number of phenols is 1. The van der Waals surface area contributed by atoms with E-state index in [1.54, 1.807) is 20.8 Å². The van der Waals surface area contributed by atoms with Crippen molar-refractivity contribution in [2.24, 2.45) is 79.9 Å². The maximum Gasteiger partial charge on any atom is 0.329 e. The fourth-order valence-electron chi connectivity index (χ4n) is 11.5. The van der Waals surface area contributed by atoms with Gasteiger partial charge in [0.15, 0.2) is 24.1 Å². The second-order valence-corrected chi connectivity index (χ2v) is 27.8. The molecule has 1 fully saturated rings. The maximum atomic E-state index is 14.8. The number of hydrogen-bond donors (Lipinski definition) is 20. The van der Waals surface area contributed by atoms with E-state index >= 15 is 0 Å². The van der Waals surface area contributed by atoms with E-state index in [-0.39, 0.29) is 80.3 Å². The van der Waals surface area contributed by atoms with E-state index in [0.717, 1.165) is 23.6 Å². The zero-order valence-electron chi connectivity index (χ0n) is 62.2. The monoisotopic (exact) mass is 1490 g/mol. The van der Waals surface area contributed by atoms with Gasteiger partial charge in [0.2, 0.25) is 65.0 Å². The highest BCUT2D eigenvalue weighted by Crippen LogP contribution is 2.30. The van der Waals surface area contributed by atoms with Crippen molar-refractivity contribution in [3.63, 3.8) is 0 Å². The summed E-state index contributed by atoms with van der Waals surface area (Å²) in [5.74, 6) is -18.4. The van der Waals surface area contributed by atoms with Crippen molar-refractivity contribution in [1.29, 1.82) is 0 Å². The number of ether oxygens (including phenoxy) is 1. The third-order valence-electron chi connectivity index (χ3n) is 18.2. The number of nitrogens with zero attached hydrogens (tertiary/aromatic N) is 4. The number of aliphatic imine (C=N–C) groups is 2. The van der Waals surface area contributed by atoms with Gasteiger partial charge in [0, 0.05) is 39.5 Å². The summed E-state index contributed by atoms with van der Waals surface area (Å²) in [5, 5.41) is 85.5. The smallest absolute Gasteiger partial charge is 0.329 e. The molecule has 0 aliphatic carbocycles. The van der Waals surface area contributed by atoms with Gasteiger partial charge >= 0.3 is 5.97 Å². The van der Waals surface area contributed by atoms with Crippen LogP contribution in [0.4, 0.5) is 0 Å². The number of likely N-dealkylation sites (N-methyl/N-ethyl adjacent to an activating group) is 2. The zero-order chi connectivity index (χ0) is 80.3. The highest BCUT2D eigenvalue weighted by atomic mass is 16.5. The number of guanidine groups is 2. The highest BCUT2D eigenvalue weighted by molar-refractivity contribution is 5.99. The molecule has 105 heavy (non-hydrogen) atoms. The molecule has 38 nitrogen and oxygen atoms in total. The van der Waals surface area contributed by atoms with Crippen LogP contribution in [0.1, 0.15) is 146 Å². The fourth-order valence-corrected chi connectivity index (χ4v) is 11.5. The molecule has 38 heteroatoms. The van der Waals surface area contributed by atoms with Crippen molar-refractivity contribution in [3.8, 4) is 5.75 Å². The molecule has 0 radical (unpaired) electrons. The summed E-state index contributed by atoms with van der Waals surface area (Å²) < 4.78 is 5.72. The number of esters is 1. The van der Waals surface area contributed by atoms with E-state index in [0.29, 0.717) is 6.42 Å². The van der Waals surface area contributed by atoms with Crippen molar-refractivity contribution in [2.75, 3.05) is 27.2 Å². The van der Waals surface area contributed by atoms with Gasteiger partial charge in [-0.1, -0.05) is 67.5 Å². The Morgan fingerprint density at radius 2 is 1.07 bits per heavy atom. The van der Waals surface area contributed by atoms with Crippen molar-refractivity contribution >= 4 is 88.8 Å². The topological polar surface area (TPSA) is 636 Å². The number of hydrogen-bond acceptors (Lipinski definition) is 22. The lowest BCUT2D eigenvalue weighted by atomic mass is 9.87. The number of phenolic OH excluding ortho intramolecular Hbond substituents is 1. The van der Waals surface area contributed by atoms with E-state index in [4.69, 9.17) is 39.1 Å². The third-order valence-corrected chi connectivity index (χ3v) is 18.2. The minimum atomic E-state index is -2.50. The summed E-state index contributed by atoms with van der Waals surface area (Å²) in [5.41, 5.74) is 33.4. The predicted octanol–water partition coefficient (Wildman–Crippen LogP) is -6.10. The average Bonchev–Trinajstić information content (AvgIpc) is 1.71. The number of cyclic esters (lactones) is 1. The number of carbonyl (C=O) groups is 13. The van der Waals surface area contributed by atoms with Crippen LogP contribution in [0.25, 0.3) is 0 Å². The molecule has 26 N–H and O–H groups in total. The molecule has 592 valence electrons. The number of amides is 12. The molecule has 4 unspecified atom stereocenters. The quantitative estimate of drug-likeness (QED) is 0.0125. The molecule has 0 bridgehead atoms. The summed E-state index contributed by atoms with van der Waals surface area (Å²) in [6.07, 6.45) is -12.0. The molecule has 0 saturated carbocycles. The van der Waals surface area contributed by atoms with E-state index in [2.05, 4.69) is 52.5 Å². The Hall–Kier alpha value is -9.53. The Morgan fingerprint density at radius 1 is 0.571 bits per heavy atom. The highest BCUT2D eigenvalue weighted by Gasteiger charge is 2.46. The molecule has 20 atom stereocenters. The predicted molar refractivity (Wildman–Crippen MR) is 381 cm³/mol. The van der Waals surface area contributed by atoms with Crippen LogP contribution in [0.15, 0.2) is 34.3 Å². The number of carbonyl (C=O) groups excluding carboxylic acids is 13. The number of primary amides is 2. The van der Waals surface area contributed by atoms with Crippen LogP contribution in [-0.2, 0) is 67.1 Å². The normalized spacial score (nSPS) is 19.4. The second-order valence-electron chi connectivity index (χ2n) is 27.8. The van der Waals surface area contributed by atoms with Gasteiger partial charge in [-0.25, -0.2) is 4.79 Å².